The highest BCUT2D eigenvalue weighted by molar-refractivity contribution is 4.89. The van der Waals surface area contributed by atoms with Gasteiger partial charge in [0.25, 0.3) is 0 Å². The van der Waals surface area contributed by atoms with Crippen molar-refractivity contribution in [2.45, 2.75) is 45.7 Å². The van der Waals surface area contributed by atoms with Gasteiger partial charge < -0.3 is 5.73 Å². The molecule has 0 aliphatic rings. The molecule has 0 atom stereocenters. The standard InChI is InChI=1S/C11H19N3O2/c1-9-13-16-10(15)14(9)8-6-4-5-7-11(2,3)12/h4,6H,5,7-8,12H2,1-3H3/b6-4-. The molecule has 0 unspecified atom stereocenters. The van der Waals surface area contributed by atoms with E-state index < -0.39 is 5.76 Å². The highest BCUT2D eigenvalue weighted by Crippen LogP contribution is 2.07. The Morgan fingerprint density at radius 1 is 1.50 bits per heavy atom. The molecule has 1 aromatic rings. The van der Waals surface area contributed by atoms with Crippen molar-refractivity contribution in [3.05, 3.63) is 28.5 Å². The highest BCUT2D eigenvalue weighted by atomic mass is 16.5. The number of allylic oxidation sites excluding steroid dienone is 2. The second kappa shape index (κ2) is 5.12. The number of nitrogens with zero attached hydrogens (tertiary/aromatic N) is 2. The molecule has 90 valence electrons. The van der Waals surface area contributed by atoms with Crippen molar-refractivity contribution in [1.82, 2.24) is 9.72 Å². The molecule has 1 aromatic heterocycles. The largest absolute Gasteiger partial charge is 0.441 e. The fourth-order valence-corrected chi connectivity index (χ4v) is 1.30. The summed E-state index contributed by atoms with van der Waals surface area (Å²) in [7, 11) is 0. The summed E-state index contributed by atoms with van der Waals surface area (Å²) in [5.41, 5.74) is 5.70. The first kappa shape index (κ1) is 12.7. The number of aryl methyl sites for hydroxylation is 1. The fraction of sp³-hybridized carbons (Fsp3) is 0.636. The van der Waals surface area contributed by atoms with Crippen LogP contribution in [-0.4, -0.2) is 15.3 Å². The van der Waals surface area contributed by atoms with Gasteiger partial charge in [-0.1, -0.05) is 17.3 Å². The minimum absolute atomic E-state index is 0.145. The summed E-state index contributed by atoms with van der Waals surface area (Å²) < 4.78 is 5.99. The van der Waals surface area contributed by atoms with E-state index in [9.17, 15) is 4.79 Å². The maximum Gasteiger partial charge on any atom is 0.441 e. The van der Waals surface area contributed by atoms with E-state index in [0.717, 1.165) is 12.8 Å². The Morgan fingerprint density at radius 2 is 2.19 bits per heavy atom. The number of aromatic nitrogens is 2. The average molecular weight is 225 g/mol. The van der Waals surface area contributed by atoms with E-state index in [4.69, 9.17) is 5.73 Å². The maximum absolute atomic E-state index is 11.1. The van der Waals surface area contributed by atoms with Gasteiger partial charge in [0.05, 0.1) is 0 Å². The van der Waals surface area contributed by atoms with Gasteiger partial charge in [-0.25, -0.2) is 4.79 Å². The minimum atomic E-state index is -0.415. The van der Waals surface area contributed by atoms with Gasteiger partial charge in [-0.15, -0.1) is 0 Å². The highest BCUT2D eigenvalue weighted by Gasteiger charge is 2.08. The van der Waals surface area contributed by atoms with Crippen molar-refractivity contribution in [2.75, 3.05) is 0 Å². The Hall–Kier alpha value is -1.36. The lowest BCUT2D eigenvalue weighted by Crippen LogP contribution is -2.31. The predicted octanol–water partition coefficient (Wildman–Crippen LogP) is 1.22. The second-order valence-corrected chi connectivity index (χ2v) is 4.60. The first-order valence-corrected chi connectivity index (χ1v) is 5.37. The molecule has 0 saturated heterocycles. The van der Waals surface area contributed by atoms with E-state index in [2.05, 4.69) is 9.68 Å². The normalized spacial score (nSPS) is 12.5. The van der Waals surface area contributed by atoms with E-state index in [1.165, 1.54) is 4.57 Å². The molecule has 0 bridgehead atoms. The summed E-state index contributed by atoms with van der Waals surface area (Å²) >= 11 is 0. The van der Waals surface area contributed by atoms with Gasteiger partial charge >= 0.3 is 5.76 Å². The Labute approximate surface area is 94.9 Å². The van der Waals surface area contributed by atoms with Gasteiger partial charge in [-0.3, -0.25) is 9.09 Å². The van der Waals surface area contributed by atoms with Gasteiger partial charge in [0.1, 0.15) is 0 Å². The van der Waals surface area contributed by atoms with Gasteiger partial charge in [-0.2, -0.15) is 0 Å². The van der Waals surface area contributed by atoms with Crippen LogP contribution in [0.2, 0.25) is 0 Å². The number of rotatable bonds is 5. The quantitative estimate of drug-likeness (QED) is 0.764. The molecule has 0 amide bonds. The molecule has 0 aliphatic carbocycles. The van der Waals surface area contributed by atoms with Crippen molar-refractivity contribution in [3.63, 3.8) is 0 Å². The third kappa shape index (κ3) is 4.02. The molecule has 5 nitrogen and oxygen atoms in total. The van der Waals surface area contributed by atoms with E-state index in [1.54, 1.807) is 6.92 Å². The molecule has 0 fully saturated rings. The van der Waals surface area contributed by atoms with Gasteiger partial charge in [0.2, 0.25) is 0 Å². The first-order valence-electron chi connectivity index (χ1n) is 5.37. The SMILES string of the molecule is Cc1noc(=O)n1C/C=C\CCC(C)(C)N. The van der Waals surface area contributed by atoms with Crippen LogP contribution in [0.3, 0.4) is 0 Å². The number of hydrogen-bond donors (Lipinski definition) is 1. The Balaban J connectivity index is 2.41. The van der Waals surface area contributed by atoms with Gasteiger partial charge in [0, 0.05) is 12.1 Å². The van der Waals surface area contributed by atoms with Crippen LogP contribution in [0.25, 0.3) is 0 Å². The molecule has 0 saturated carbocycles. The van der Waals surface area contributed by atoms with Crippen LogP contribution in [-0.2, 0) is 6.54 Å². The van der Waals surface area contributed by atoms with Crippen LogP contribution in [0.5, 0.6) is 0 Å². The molecular formula is C11H19N3O2. The second-order valence-electron chi connectivity index (χ2n) is 4.60. The van der Waals surface area contributed by atoms with Crippen LogP contribution < -0.4 is 11.5 Å². The zero-order chi connectivity index (χ0) is 12.2. The van der Waals surface area contributed by atoms with E-state index >= 15 is 0 Å². The zero-order valence-corrected chi connectivity index (χ0v) is 10.1. The monoisotopic (exact) mass is 225 g/mol. The summed E-state index contributed by atoms with van der Waals surface area (Å²) in [4.78, 5) is 11.1. The molecule has 2 N–H and O–H groups in total. The molecule has 5 heteroatoms. The van der Waals surface area contributed by atoms with Crippen molar-refractivity contribution in [1.29, 1.82) is 0 Å². The summed E-state index contributed by atoms with van der Waals surface area (Å²) in [6.07, 6.45) is 5.77. The Bertz CT molecular complexity index is 410. The average Bonchev–Trinajstić information content (AvgIpc) is 2.46. The molecule has 0 aliphatic heterocycles. The lowest BCUT2D eigenvalue weighted by Gasteiger charge is -2.16. The fourth-order valence-electron chi connectivity index (χ4n) is 1.30. The summed E-state index contributed by atoms with van der Waals surface area (Å²) in [5, 5.41) is 3.58. The lowest BCUT2D eigenvalue weighted by atomic mass is 10.0. The smallest absolute Gasteiger partial charge is 0.326 e. The molecule has 1 rings (SSSR count). The van der Waals surface area contributed by atoms with E-state index in [0.29, 0.717) is 12.4 Å². The van der Waals surface area contributed by atoms with Crippen molar-refractivity contribution < 1.29 is 4.52 Å². The van der Waals surface area contributed by atoms with Crippen LogP contribution in [0.4, 0.5) is 0 Å². The van der Waals surface area contributed by atoms with Crippen LogP contribution in [0.15, 0.2) is 21.5 Å². The maximum atomic E-state index is 11.1. The number of hydrogen-bond acceptors (Lipinski definition) is 4. The molecule has 16 heavy (non-hydrogen) atoms. The van der Waals surface area contributed by atoms with E-state index in [1.807, 2.05) is 26.0 Å². The number of nitrogens with two attached hydrogens (primary N) is 1. The molecular weight excluding hydrogens is 206 g/mol. The van der Waals surface area contributed by atoms with E-state index in [-0.39, 0.29) is 5.54 Å². The van der Waals surface area contributed by atoms with Gasteiger partial charge in [0.15, 0.2) is 5.82 Å². The molecule has 0 aromatic carbocycles. The topological polar surface area (TPSA) is 74.0 Å². The van der Waals surface area contributed by atoms with Crippen molar-refractivity contribution in [2.24, 2.45) is 5.73 Å². The zero-order valence-electron chi connectivity index (χ0n) is 10.1. The van der Waals surface area contributed by atoms with Crippen molar-refractivity contribution in [3.8, 4) is 0 Å². The third-order valence-corrected chi connectivity index (χ3v) is 2.28. The van der Waals surface area contributed by atoms with Crippen LogP contribution in [0.1, 0.15) is 32.5 Å². The minimum Gasteiger partial charge on any atom is -0.326 e. The summed E-state index contributed by atoms with van der Waals surface area (Å²) in [5.74, 6) is 0.176. The molecule has 1 heterocycles. The lowest BCUT2D eigenvalue weighted by molar-refractivity contribution is 0.376. The Morgan fingerprint density at radius 3 is 2.69 bits per heavy atom. The predicted molar refractivity (Wildman–Crippen MR) is 62.1 cm³/mol. The molecule has 0 spiro atoms. The van der Waals surface area contributed by atoms with Crippen molar-refractivity contribution >= 4 is 0 Å². The van der Waals surface area contributed by atoms with Crippen LogP contribution >= 0.6 is 0 Å². The van der Waals surface area contributed by atoms with Crippen LogP contribution in [0, 0.1) is 6.92 Å². The third-order valence-electron chi connectivity index (χ3n) is 2.28. The summed E-state index contributed by atoms with van der Waals surface area (Å²) in [6, 6.07) is 0. The first-order chi connectivity index (χ1) is 7.40. The van der Waals surface area contributed by atoms with Gasteiger partial charge in [-0.05, 0) is 33.6 Å². The Kier molecular flexibility index (Phi) is 4.06. The molecule has 0 radical (unpaired) electrons. The summed E-state index contributed by atoms with van der Waals surface area (Å²) in [6.45, 7) is 6.23.